The smallest absolute Gasteiger partial charge is 0.183 e. The van der Waals surface area contributed by atoms with Crippen LogP contribution in [0, 0.1) is 32.1 Å². The van der Waals surface area contributed by atoms with Gasteiger partial charge in [-0.15, -0.1) is 0 Å². The average Bonchev–Trinajstić information content (AvgIpc) is 2.79. The van der Waals surface area contributed by atoms with Crippen molar-refractivity contribution in [3.63, 3.8) is 0 Å². The van der Waals surface area contributed by atoms with Crippen molar-refractivity contribution in [3.8, 4) is 17.6 Å². The van der Waals surface area contributed by atoms with Crippen molar-refractivity contribution in [2.75, 3.05) is 11.9 Å². The van der Waals surface area contributed by atoms with Gasteiger partial charge in [0.15, 0.2) is 17.2 Å². The van der Waals surface area contributed by atoms with E-state index in [1.54, 1.807) is 24.8 Å². The summed E-state index contributed by atoms with van der Waals surface area (Å²) in [4.78, 5) is 21.1. The number of nitrogens with zero attached hydrogens (tertiary/aromatic N) is 6. The first-order valence-corrected chi connectivity index (χ1v) is 9.85. The van der Waals surface area contributed by atoms with Crippen LogP contribution in [0.25, 0.3) is 11.2 Å². The largest absolute Gasteiger partial charge is 0.454 e. The summed E-state index contributed by atoms with van der Waals surface area (Å²) in [7, 11) is 0. The SMILES string of the molecule is Cc1cncc(Oc2ccc(CCNc3ncnc4nccnc34)c(C)c2C)c1C#N. The van der Waals surface area contributed by atoms with Gasteiger partial charge < -0.3 is 10.1 Å². The van der Waals surface area contributed by atoms with Gasteiger partial charge in [0.2, 0.25) is 0 Å². The van der Waals surface area contributed by atoms with Gasteiger partial charge in [-0.2, -0.15) is 5.26 Å². The maximum absolute atomic E-state index is 9.42. The summed E-state index contributed by atoms with van der Waals surface area (Å²) in [5, 5.41) is 12.7. The number of nitrogens with one attached hydrogen (secondary N) is 1. The molecule has 0 saturated carbocycles. The zero-order valence-corrected chi connectivity index (χ0v) is 17.5. The monoisotopic (exact) mass is 411 g/mol. The van der Waals surface area contributed by atoms with E-state index in [9.17, 15) is 5.26 Å². The molecule has 0 aliphatic carbocycles. The molecule has 0 aliphatic rings. The van der Waals surface area contributed by atoms with E-state index in [1.165, 1.54) is 11.9 Å². The van der Waals surface area contributed by atoms with Crippen LogP contribution in [0.1, 0.15) is 27.8 Å². The summed E-state index contributed by atoms with van der Waals surface area (Å²) in [5.41, 5.74) is 5.88. The predicted octanol–water partition coefficient (Wildman–Crippen LogP) is 4.06. The first kappa shape index (κ1) is 20.2. The summed E-state index contributed by atoms with van der Waals surface area (Å²) in [6.45, 7) is 6.62. The van der Waals surface area contributed by atoms with Crippen molar-refractivity contribution in [2.24, 2.45) is 0 Å². The highest BCUT2D eigenvalue weighted by Gasteiger charge is 2.13. The van der Waals surface area contributed by atoms with Gasteiger partial charge >= 0.3 is 0 Å². The molecule has 0 aliphatic heterocycles. The van der Waals surface area contributed by atoms with Crippen molar-refractivity contribution in [3.05, 3.63) is 71.1 Å². The van der Waals surface area contributed by atoms with Crippen molar-refractivity contribution < 1.29 is 4.74 Å². The molecule has 154 valence electrons. The van der Waals surface area contributed by atoms with Crippen molar-refractivity contribution in [1.29, 1.82) is 5.26 Å². The Kier molecular flexibility index (Phi) is 5.67. The molecule has 31 heavy (non-hydrogen) atoms. The summed E-state index contributed by atoms with van der Waals surface area (Å²) >= 11 is 0. The minimum Gasteiger partial charge on any atom is -0.454 e. The summed E-state index contributed by atoms with van der Waals surface area (Å²) in [5.74, 6) is 1.86. The predicted molar refractivity (Wildman–Crippen MR) is 117 cm³/mol. The van der Waals surface area contributed by atoms with Crippen LogP contribution in [-0.2, 0) is 6.42 Å². The van der Waals surface area contributed by atoms with E-state index in [-0.39, 0.29) is 0 Å². The number of pyridine rings is 1. The van der Waals surface area contributed by atoms with E-state index in [1.807, 2.05) is 26.0 Å². The molecule has 1 aromatic carbocycles. The van der Waals surface area contributed by atoms with E-state index < -0.39 is 0 Å². The lowest BCUT2D eigenvalue weighted by atomic mass is 10.00. The number of hydrogen-bond donors (Lipinski definition) is 1. The molecule has 3 heterocycles. The van der Waals surface area contributed by atoms with Gasteiger partial charge in [-0.25, -0.2) is 19.9 Å². The fraction of sp³-hybridized carbons (Fsp3) is 0.217. The number of aryl methyl sites for hydroxylation is 1. The molecule has 1 N–H and O–H groups in total. The average molecular weight is 411 g/mol. The molecule has 0 bridgehead atoms. The van der Waals surface area contributed by atoms with Crippen LogP contribution in [-0.4, -0.2) is 31.5 Å². The number of aromatic nitrogens is 5. The Balaban J connectivity index is 1.49. The second-order valence-electron chi connectivity index (χ2n) is 7.14. The lowest BCUT2D eigenvalue weighted by Crippen LogP contribution is -2.09. The second kappa shape index (κ2) is 8.71. The molecule has 0 unspecified atom stereocenters. The Morgan fingerprint density at radius 2 is 1.81 bits per heavy atom. The molecule has 8 nitrogen and oxygen atoms in total. The molecule has 0 radical (unpaired) electrons. The third-order valence-corrected chi connectivity index (χ3v) is 5.24. The van der Waals surface area contributed by atoms with Gasteiger partial charge in [-0.05, 0) is 55.5 Å². The molecule has 4 rings (SSSR count). The lowest BCUT2D eigenvalue weighted by Gasteiger charge is -2.15. The van der Waals surface area contributed by atoms with E-state index >= 15 is 0 Å². The molecule has 0 atom stereocenters. The van der Waals surface area contributed by atoms with Gasteiger partial charge in [0.1, 0.15) is 29.2 Å². The normalized spacial score (nSPS) is 10.6. The molecule has 0 fully saturated rings. The highest BCUT2D eigenvalue weighted by molar-refractivity contribution is 5.81. The highest BCUT2D eigenvalue weighted by atomic mass is 16.5. The fourth-order valence-corrected chi connectivity index (χ4v) is 3.35. The molecule has 3 aromatic heterocycles. The third kappa shape index (κ3) is 4.12. The lowest BCUT2D eigenvalue weighted by molar-refractivity contribution is 0.473. The zero-order valence-electron chi connectivity index (χ0n) is 17.5. The second-order valence-corrected chi connectivity index (χ2v) is 7.14. The number of ether oxygens (including phenoxy) is 1. The molecule has 0 saturated heterocycles. The first-order valence-electron chi connectivity index (χ1n) is 9.85. The summed E-state index contributed by atoms with van der Waals surface area (Å²) in [6.07, 6.45) is 8.76. The van der Waals surface area contributed by atoms with Gasteiger partial charge in [0.05, 0.1) is 6.20 Å². The number of rotatable bonds is 6. The summed E-state index contributed by atoms with van der Waals surface area (Å²) < 4.78 is 6.04. The summed E-state index contributed by atoms with van der Waals surface area (Å²) in [6, 6.07) is 6.18. The van der Waals surface area contributed by atoms with E-state index in [4.69, 9.17) is 4.74 Å². The van der Waals surface area contributed by atoms with Crippen molar-refractivity contribution >= 4 is 17.0 Å². The van der Waals surface area contributed by atoms with Crippen LogP contribution in [0.4, 0.5) is 5.82 Å². The topological polar surface area (TPSA) is 110 Å². The number of nitriles is 1. The van der Waals surface area contributed by atoms with Crippen LogP contribution in [0.2, 0.25) is 0 Å². The Labute approximate surface area is 180 Å². The highest BCUT2D eigenvalue weighted by Crippen LogP contribution is 2.31. The van der Waals surface area contributed by atoms with Crippen LogP contribution >= 0.6 is 0 Å². The first-order chi connectivity index (χ1) is 15.1. The van der Waals surface area contributed by atoms with Gasteiger partial charge in [-0.1, -0.05) is 6.07 Å². The van der Waals surface area contributed by atoms with Crippen molar-refractivity contribution in [1.82, 2.24) is 24.9 Å². The number of fused-ring (bicyclic) bond motifs is 1. The van der Waals surface area contributed by atoms with Gasteiger partial charge in [-0.3, -0.25) is 4.98 Å². The van der Waals surface area contributed by atoms with E-state index in [0.717, 1.165) is 28.9 Å². The Morgan fingerprint density at radius 3 is 2.65 bits per heavy atom. The quantitative estimate of drug-likeness (QED) is 0.506. The van der Waals surface area contributed by atoms with E-state index in [2.05, 4.69) is 43.2 Å². The van der Waals surface area contributed by atoms with Crippen LogP contribution in [0.5, 0.6) is 11.5 Å². The maximum Gasteiger partial charge on any atom is 0.183 e. The molecule has 8 heteroatoms. The fourth-order valence-electron chi connectivity index (χ4n) is 3.35. The number of hydrogen-bond acceptors (Lipinski definition) is 8. The number of anilines is 1. The Hall–Kier alpha value is -4.12. The van der Waals surface area contributed by atoms with Crippen molar-refractivity contribution in [2.45, 2.75) is 27.2 Å². The van der Waals surface area contributed by atoms with Gasteiger partial charge in [0.25, 0.3) is 0 Å². The standard InChI is InChI=1S/C23H21N7O/c1-14-11-25-12-20(18(14)10-24)31-19-5-4-17(15(2)16(19)3)6-7-27-22-21-23(30-13-29-22)28-9-8-26-21/h4-5,8-9,11-13H,6-7H2,1-3H3,(H,27,28,29,30). The molecule has 4 aromatic rings. The van der Waals surface area contributed by atoms with Gasteiger partial charge in [0, 0.05) is 25.1 Å². The van der Waals surface area contributed by atoms with Crippen LogP contribution < -0.4 is 10.1 Å². The molecule has 0 amide bonds. The maximum atomic E-state index is 9.42. The molecular formula is C23H21N7O. The third-order valence-electron chi connectivity index (χ3n) is 5.24. The minimum absolute atomic E-state index is 0.469. The van der Waals surface area contributed by atoms with Crippen LogP contribution in [0.15, 0.2) is 43.2 Å². The number of benzene rings is 1. The zero-order chi connectivity index (χ0) is 21.8. The molecular weight excluding hydrogens is 390 g/mol. The Morgan fingerprint density at radius 1 is 0.968 bits per heavy atom. The van der Waals surface area contributed by atoms with Crippen LogP contribution in [0.3, 0.4) is 0 Å². The minimum atomic E-state index is 0.469. The molecule has 0 spiro atoms. The Bertz CT molecular complexity index is 1290. The van der Waals surface area contributed by atoms with E-state index in [0.29, 0.717) is 34.8 Å².